The third-order valence-corrected chi connectivity index (χ3v) is 4.81. The summed E-state index contributed by atoms with van der Waals surface area (Å²) >= 11 is 0. The van der Waals surface area contributed by atoms with Crippen molar-refractivity contribution in [2.24, 2.45) is 0 Å². The molecule has 6 nitrogen and oxygen atoms in total. The number of amides is 1. The number of hydrogen-bond donors (Lipinski definition) is 2. The Hall–Kier alpha value is -2.41. The summed E-state index contributed by atoms with van der Waals surface area (Å²) in [4.78, 5) is 14.7. The number of carbonyl (C=O) groups is 1. The van der Waals surface area contributed by atoms with Crippen molar-refractivity contribution >= 4 is 11.7 Å². The number of hydrogen-bond acceptors (Lipinski definition) is 4. The number of nitrogen functional groups attached to an aromatic ring is 1. The molecule has 0 unspecified atom stereocenters. The smallest absolute Gasteiger partial charge is 0.241 e. The van der Waals surface area contributed by atoms with Gasteiger partial charge in [0.25, 0.3) is 0 Å². The van der Waals surface area contributed by atoms with Crippen molar-refractivity contribution in [1.82, 2.24) is 20.0 Å². The average molecular weight is 359 g/mol. The number of anilines is 1. The summed E-state index contributed by atoms with van der Waals surface area (Å²) in [7, 11) is 0. The van der Waals surface area contributed by atoms with Gasteiger partial charge in [-0.15, -0.1) is 0 Å². The van der Waals surface area contributed by atoms with Gasteiger partial charge in [-0.1, -0.05) is 18.6 Å². The molecule has 3 rings (SSSR count). The molecule has 1 saturated heterocycles. The maximum absolute atomic E-state index is 13.3. The van der Waals surface area contributed by atoms with Gasteiger partial charge in [-0.3, -0.25) is 9.69 Å². The lowest BCUT2D eigenvalue weighted by Gasteiger charge is -2.35. The summed E-state index contributed by atoms with van der Waals surface area (Å²) in [6.45, 7) is 4.39. The zero-order valence-corrected chi connectivity index (χ0v) is 15.1. The minimum Gasteiger partial charge on any atom is -0.384 e. The highest BCUT2D eigenvalue weighted by atomic mass is 19.1. The second-order valence-corrected chi connectivity index (χ2v) is 6.84. The molecular formula is C19H26FN5O. The van der Waals surface area contributed by atoms with Gasteiger partial charge in [-0.25, -0.2) is 9.07 Å². The first-order valence-corrected chi connectivity index (χ1v) is 9.09. The second kappa shape index (κ2) is 8.31. The van der Waals surface area contributed by atoms with Crippen LogP contribution in [0.15, 0.2) is 30.3 Å². The van der Waals surface area contributed by atoms with Gasteiger partial charge in [-0.05, 0) is 50.6 Å². The Kier molecular flexibility index (Phi) is 5.88. The van der Waals surface area contributed by atoms with Gasteiger partial charge in [0, 0.05) is 12.6 Å². The predicted octanol–water partition coefficient (Wildman–Crippen LogP) is 2.26. The van der Waals surface area contributed by atoms with Crippen molar-refractivity contribution in [3.8, 4) is 0 Å². The molecule has 0 aliphatic carbocycles. The fourth-order valence-corrected chi connectivity index (χ4v) is 3.47. The normalized spacial score (nSPS) is 16.4. The topological polar surface area (TPSA) is 76.2 Å². The van der Waals surface area contributed by atoms with E-state index in [1.54, 1.807) is 18.2 Å². The number of nitrogens with one attached hydrogen (secondary N) is 1. The molecule has 1 aliphatic heterocycles. The highest BCUT2D eigenvalue weighted by Crippen LogP contribution is 2.24. The van der Waals surface area contributed by atoms with E-state index in [4.69, 9.17) is 5.73 Å². The lowest BCUT2D eigenvalue weighted by molar-refractivity contribution is -0.122. The fourth-order valence-electron chi connectivity index (χ4n) is 3.47. The van der Waals surface area contributed by atoms with Crippen LogP contribution in [-0.4, -0.2) is 40.2 Å². The monoisotopic (exact) mass is 359 g/mol. The molecule has 1 amide bonds. The van der Waals surface area contributed by atoms with Crippen molar-refractivity contribution in [3.63, 3.8) is 0 Å². The fraction of sp³-hybridized carbons (Fsp3) is 0.474. The standard InChI is InChI=1S/C19H26FN5O/c1-14-11-18(21)25(23-14)13-19(26)22-12-17(24-9-3-2-4-10-24)15-5-7-16(20)8-6-15/h5-8,11,17H,2-4,9-10,12-13,21H2,1H3,(H,22,26)/t17-/m0/s1. The molecule has 140 valence electrons. The SMILES string of the molecule is Cc1cc(N)n(CC(=O)NC[C@@H](c2ccc(F)cc2)N2CCCCC2)n1. The number of aryl methyl sites for hydroxylation is 1. The number of carbonyl (C=O) groups excluding carboxylic acids is 1. The van der Waals surface area contributed by atoms with Gasteiger partial charge in [0.15, 0.2) is 0 Å². The first-order chi connectivity index (χ1) is 12.5. The molecule has 0 bridgehead atoms. The van der Waals surface area contributed by atoms with Crippen LogP contribution in [0.5, 0.6) is 0 Å². The van der Waals surface area contributed by atoms with Crippen LogP contribution < -0.4 is 11.1 Å². The van der Waals surface area contributed by atoms with Gasteiger partial charge in [-0.2, -0.15) is 5.10 Å². The lowest BCUT2D eigenvalue weighted by Crippen LogP contribution is -2.41. The summed E-state index contributed by atoms with van der Waals surface area (Å²) in [5, 5.41) is 7.20. The summed E-state index contributed by atoms with van der Waals surface area (Å²) in [6.07, 6.45) is 3.53. The van der Waals surface area contributed by atoms with Gasteiger partial charge < -0.3 is 11.1 Å². The molecular weight excluding hydrogens is 333 g/mol. The van der Waals surface area contributed by atoms with Crippen molar-refractivity contribution in [2.45, 2.75) is 38.8 Å². The Morgan fingerprint density at radius 1 is 1.27 bits per heavy atom. The molecule has 1 fully saturated rings. The minimum absolute atomic E-state index is 0.0385. The summed E-state index contributed by atoms with van der Waals surface area (Å²) in [5.74, 6) is 0.0902. The third-order valence-electron chi connectivity index (χ3n) is 4.81. The van der Waals surface area contributed by atoms with E-state index in [2.05, 4.69) is 15.3 Å². The quantitative estimate of drug-likeness (QED) is 0.829. The molecule has 1 atom stereocenters. The highest BCUT2D eigenvalue weighted by Gasteiger charge is 2.23. The largest absolute Gasteiger partial charge is 0.384 e. The number of nitrogens with two attached hydrogens (primary N) is 1. The van der Waals surface area contributed by atoms with E-state index in [1.807, 2.05) is 6.92 Å². The zero-order chi connectivity index (χ0) is 18.5. The van der Waals surface area contributed by atoms with E-state index in [0.29, 0.717) is 12.4 Å². The minimum atomic E-state index is -0.250. The Bertz CT molecular complexity index is 737. The molecule has 3 N–H and O–H groups in total. The second-order valence-electron chi connectivity index (χ2n) is 6.84. The summed E-state index contributed by atoms with van der Waals surface area (Å²) in [6, 6.07) is 8.33. The molecule has 2 heterocycles. The Labute approximate surface area is 153 Å². The van der Waals surface area contributed by atoms with E-state index in [0.717, 1.165) is 37.2 Å². The van der Waals surface area contributed by atoms with Crippen LogP contribution in [0.25, 0.3) is 0 Å². The Morgan fingerprint density at radius 2 is 1.96 bits per heavy atom. The van der Waals surface area contributed by atoms with Crippen LogP contribution in [0.1, 0.15) is 36.6 Å². The predicted molar refractivity (Wildman–Crippen MR) is 99.0 cm³/mol. The number of halogens is 1. The zero-order valence-electron chi connectivity index (χ0n) is 15.1. The Morgan fingerprint density at radius 3 is 2.58 bits per heavy atom. The number of nitrogens with zero attached hydrogens (tertiary/aromatic N) is 3. The summed E-state index contributed by atoms with van der Waals surface area (Å²) < 4.78 is 14.8. The molecule has 2 aromatic rings. The van der Waals surface area contributed by atoms with Crippen LogP contribution in [0.2, 0.25) is 0 Å². The number of rotatable bonds is 6. The van der Waals surface area contributed by atoms with Crippen LogP contribution in [0.4, 0.5) is 10.2 Å². The van der Waals surface area contributed by atoms with Crippen LogP contribution in [-0.2, 0) is 11.3 Å². The maximum atomic E-state index is 13.3. The van der Waals surface area contributed by atoms with Gasteiger partial charge in [0.1, 0.15) is 18.2 Å². The molecule has 1 aliphatic rings. The first-order valence-electron chi connectivity index (χ1n) is 9.09. The lowest BCUT2D eigenvalue weighted by atomic mass is 10.0. The number of piperidine rings is 1. The molecule has 0 radical (unpaired) electrons. The molecule has 0 spiro atoms. The first kappa shape index (κ1) is 18.4. The van der Waals surface area contributed by atoms with Crippen LogP contribution >= 0.6 is 0 Å². The van der Waals surface area contributed by atoms with Crippen LogP contribution in [0, 0.1) is 12.7 Å². The highest BCUT2D eigenvalue weighted by molar-refractivity contribution is 5.76. The van der Waals surface area contributed by atoms with E-state index in [-0.39, 0.29) is 24.3 Å². The third kappa shape index (κ3) is 4.60. The van der Waals surface area contributed by atoms with Gasteiger partial charge >= 0.3 is 0 Å². The molecule has 26 heavy (non-hydrogen) atoms. The van der Waals surface area contributed by atoms with E-state index in [9.17, 15) is 9.18 Å². The van der Waals surface area contributed by atoms with Crippen LogP contribution in [0.3, 0.4) is 0 Å². The van der Waals surface area contributed by atoms with E-state index >= 15 is 0 Å². The maximum Gasteiger partial charge on any atom is 0.241 e. The number of benzene rings is 1. The molecule has 1 aromatic heterocycles. The Balaban J connectivity index is 1.66. The molecule has 1 aromatic carbocycles. The molecule has 7 heteroatoms. The van der Waals surface area contributed by atoms with Crippen molar-refractivity contribution in [3.05, 3.63) is 47.4 Å². The number of aromatic nitrogens is 2. The van der Waals surface area contributed by atoms with Gasteiger partial charge in [0.05, 0.1) is 11.7 Å². The van der Waals surface area contributed by atoms with Gasteiger partial charge in [0.2, 0.25) is 5.91 Å². The van der Waals surface area contributed by atoms with E-state index < -0.39 is 0 Å². The van der Waals surface area contributed by atoms with Crippen molar-refractivity contribution < 1.29 is 9.18 Å². The molecule has 0 saturated carbocycles. The van der Waals surface area contributed by atoms with Crippen molar-refractivity contribution in [2.75, 3.05) is 25.4 Å². The van der Waals surface area contributed by atoms with E-state index in [1.165, 1.54) is 23.2 Å². The van der Waals surface area contributed by atoms with Crippen molar-refractivity contribution in [1.29, 1.82) is 0 Å². The average Bonchev–Trinajstić information content (AvgIpc) is 2.94. The summed E-state index contributed by atoms with van der Waals surface area (Å²) in [5.41, 5.74) is 7.65. The number of likely N-dealkylation sites (tertiary alicyclic amines) is 1.